The minimum atomic E-state index is -5.62. The lowest BCUT2D eigenvalue weighted by Gasteiger charge is -2.23. The van der Waals surface area contributed by atoms with Gasteiger partial charge in [0.05, 0.1) is 0 Å². The molecule has 0 aromatic heterocycles. The van der Waals surface area contributed by atoms with E-state index in [1.165, 1.54) is 30.3 Å². The maximum atomic E-state index is 12.4. The number of ketones is 1. The van der Waals surface area contributed by atoms with Crippen molar-refractivity contribution in [1.82, 2.24) is 0 Å². The second-order valence-corrected chi connectivity index (χ2v) is 3.89. The van der Waals surface area contributed by atoms with Crippen LogP contribution in [-0.2, 0) is 0 Å². The summed E-state index contributed by atoms with van der Waals surface area (Å²) in [6.45, 7) is 0. The van der Waals surface area contributed by atoms with Gasteiger partial charge < -0.3 is 5.73 Å². The first kappa shape index (κ1) is 16.1. The maximum absolute atomic E-state index is 12.4. The largest absolute Gasteiger partial charge is 0.405 e. The van der Waals surface area contributed by atoms with Crippen LogP contribution in [0.2, 0.25) is 0 Å². The smallest absolute Gasteiger partial charge is 0.401 e. The molecule has 1 aromatic carbocycles. The second kappa shape index (κ2) is 5.56. The highest BCUT2D eigenvalue weighted by Crippen LogP contribution is 2.42. The summed E-state index contributed by atoms with van der Waals surface area (Å²) in [5.41, 5.74) is 3.19. The molecule has 0 spiro atoms. The lowest BCUT2D eigenvalue weighted by molar-refractivity contribution is -0.271. The molecule has 1 rings (SSSR count). The van der Waals surface area contributed by atoms with E-state index in [0.29, 0.717) is 0 Å². The van der Waals surface area contributed by atoms with Gasteiger partial charge in [0, 0.05) is 17.3 Å². The highest BCUT2D eigenvalue weighted by atomic mass is 19.4. The molecule has 110 valence electrons. The van der Waals surface area contributed by atoms with Crippen LogP contribution < -0.4 is 5.73 Å². The van der Waals surface area contributed by atoms with Gasteiger partial charge in [0.15, 0.2) is 11.7 Å². The van der Waals surface area contributed by atoms with Crippen LogP contribution in [0.5, 0.6) is 0 Å². The maximum Gasteiger partial charge on any atom is 0.405 e. The van der Waals surface area contributed by atoms with Gasteiger partial charge in [-0.05, 0) is 0 Å². The van der Waals surface area contributed by atoms with E-state index in [2.05, 4.69) is 0 Å². The number of hydrogen-bond acceptors (Lipinski definition) is 2. The van der Waals surface area contributed by atoms with Crippen molar-refractivity contribution in [2.75, 3.05) is 0 Å². The summed E-state index contributed by atoms with van der Waals surface area (Å²) in [5.74, 6) is -4.88. The van der Waals surface area contributed by atoms with Gasteiger partial charge in [-0.2, -0.15) is 26.3 Å². The first-order valence-corrected chi connectivity index (χ1v) is 5.23. The van der Waals surface area contributed by atoms with Gasteiger partial charge in [0.25, 0.3) is 0 Å². The molecule has 0 fully saturated rings. The highest BCUT2D eigenvalue weighted by molar-refractivity contribution is 6.04. The molecule has 0 atom stereocenters. The minimum Gasteiger partial charge on any atom is -0.401 e. The molecule has 0 aliphatic carbocycles. The lowest BCUT2D eigenvalue weighted by atomic mass is 10.0. The number of nitrogens with two attached hydrogens (primary N) is 1. The zero-order valence-corrected chi connectivity index (χ0v) is 9.79. The van der Waals surface area contributed by atoms with Crippen molar-refractivity contribution in [3.63, 3.8) is 0 Å². The normalized spacial score (nSPS) is 13.7. The van der Waals surface area contributed by atoms with E-state index < -0.39 is 29.8 Å². The fourth-order valence-corrected chi connectivity index (χ4v) is 1.48. The van der Waals surface area contributed by atoms with E-state index in [1.54, 1.807) is 0 Å². The molecule has 8 heteroatoms. The molecular weight excluding hydrogens is 288 g/mol. The van der Waals surface area contributed by atoms with Crippen molar-refractivity contribution < 1.29 is 31.1 Å². The SMILES string of the molecule is N/C(=C\C(=O)c1ccccc1)C(C(F)(F)F)C(F)(F)F. The van der Waals surface area contributed by atoms with Gasteiger partial charge in [-0.3, -0.25) is 4.79 Å². The average Bonchev–Trinajstić information content (AvgIpc) is 2.25. The van der Waals surface area contributed by atoms with Crippen molar-refractivity contribution >= 4 is 5.78 Å². The molecule has 2 N–H and O–H groups in total. The third-order valence-electron chi connectivity index (χ3n) is 2.34. The Morgan fingerprint density at radius 1 is 1.00 bits per heavy atom. The Morgan fingerprint density at radius 2 is 1.45 bits per heavy atom. The molecule has 0 amide bonds. The Balaban J connectivity index is 3.11. The molecule has 0 unspecified atom stereocenters. The van der Waals surface area contributed by atoms with Crippen LogP contribution >= 0.6 is 0 Å². The van der Waals surface area contributed by atoms with Gasteiger partial charge in [0.2, 0.25) is 0 Å². The predicted molar refractivity (Wildman–Crippen MR) is 58.6 cm³/mol. The topological polar surface area (TPSA) is 43.1 Å². The van der Waals surface area contributed by atoms with Crippen molar-refractivity contribution in [1.29, 1.82) is 0 Å². The summed E-state index contributed by atoms with van der Waals surface area (Å²) in [6, 6.07) is 6.88. The molecule has 2 nitrogen and oxygen atoms in total. The minimum absolute atomic E-state index is 0.0569. The third kappa shape index (κ3) is 4.01. The Morgan fingerprint density at radius 3 is 1.85 bits per heavy atom. The molecule has 0 aliphatic rings. The molecule has 0 saturated heterocycles. The predicted octanol–water partition coefficient (Wildman–Crippen LogP) is 3.45. The van der Waals surface area contributed by atoms with Crippen LogP contribution in [0.3, 0.4) is 0 Å². The van der Waals surface area contributed by atoms with Crippen LogP contribution in [-0.4, -0.2) is 18.1 Å². The van der Waals surface area contributed by atoms with Gasteiger partial charge in [-0.25, -0.2) is 0 Å². The van der Waals surface area contributed by atoms with Crippen LogP contribution in [0.1, 0.15) is 10.4 Å². The quantitative estimate of drug-likeness (QED) is 0.527. The first-order chi connectivity index (χ1) is 9.03. The lowest BCUT2D eigenvalue weighted by Crippen LogP contribution is -2.40. The summed E-state index contributed by atoms with van der Waals surface area (Å²) < 4.78 is 74.2. The van der Waals surface area contributed by atoms with Gasteiger partial charge in [-0.1, -0.05) is 30.3 Å². The summed E-state index contributed by atoms with van der Waals surface area (Å²) in [4.78, 5) is 11.5. The van der Waals surface area contributed by atoms with Gasteiger partial charge in [0.1, 0.15) is 0 Å². The van der Waals surface area contributed by atoms with Crippen molar-refractivity contribution in [3.05, 3.63) is 47.7 Å². The van der Waals surface area contributed by atoms with Gasteiger partial charge in [-0.15, -0.1) is 0 Å². The first-order valence-electron chi connectivity index (χ1n) is 5.23. The van der Waals surface area contributed by atoms with E-state index in [1.807, 2.05) is 0 Å². The van der Waals surface area contributed by atoms with Gasteiger partial charge >= 0.3 is 12.4 Å². The molecular formula is C12H9F6NO. The van der Waals surface area contributed by atoms with E-state index in [0.717, 1.165) is 0 Å². The number of rotatable bonds is 3. The molecule has 1 aromatic rings. The summed E-state index contributed by atoms with van der Waals surface area (Å²) in [6.07, 6.45) is -11.1. The average molecular weight is 297 g/mol. The van der Waals surface area contributed by atoms with Crippen LogP contribution in [0.25, 0.3) is 0 Å². The standard InChI is InChI=1S/C12H9F6NO/c13-11(14,15)10(12(16,17)18)8(19)6-9(20)7-4-2-1-3-5-7/h1-6,10H,19H2/b8-6-. The monoisotopic (exact) mass is 297 g/mol. The zero-order valence-electron chi connectivity index (χ0n) is 9.79. The summed E-state index contributed by atoms with van der Waals surface area (Å²) in [5, 5.41) is 0. The number of carbonyl (C=O) groups excluding carboxylic acids is 1. The van der Waals surface area contributed by atoms with Crippen molar-refractivity contribution in [3.8, 4) is 0 Å². The fraction of sp³-hybridized carbons (Fsp3) is 0.250. The van der Waals surface area contributed by atoms with Crippen LogP contribution in [0.15, 0.2) is 42.1 Å². The Hall–Kier alpha value is -1.99. The number of carbonyl (C=O) groups is 1. The molecule has 0 heterocycles. The van der Waals surface area contributed by atoms with Crippen molar-refractivity contribution in [2.24, 2.45) is 11.7 Å². The molecule has 20 heavy (non-hydrogen) atoms. The van der Waals surface area contributed by atoms with Crippen LogP contribution in [0.4, 0.5) is 26.3 Å². The Kier molecular flexibility index (Phi) is 4.46. The number of benzene rings is 1. The van der Waals surface area contributed by atoms with E-state index >= 15 is 0 Å². The summed E-state index contributed by atoms with van der Waals surface area (Å²) >= 11 is 0. The zero-order chi connectivity index (χ0) is 15.6. The molecule has 0 radical (unpaired) electrons. The molecule has 0 saturated carbocycles. The molecule has 0 aliphatic heterocycles. The fourth-order valence-electron chi connectivity index (χ4n) is 1.48. The molecule has 0 bridgehead atoms. The third-order valence-corrected chi connectivity index (χ3v) is 2.34. The van der Waals surface area contributed by atoms with Crippen molar-refractivity contribution in [2.45, 2.75) is 12.4 Å². The second-order valence-electron chi connectivity index (χ2n) is 3.89. The van der Waals surface area contributed by atoms with E-state index in [-0.39, 0.29) is 11.6 Å². The van der Waals surface area contributed by atoms with E-state index in [9.17, 15) is 31.1 Å². The highest BCUT2D eigenvalue weighted by Gasteiger charge is 2.58. The number of alkyl halides is 6. The number of halogens is 6. The number of allylic oxidation sites excluding steroid dienone is 2. The Bertz CT molecular complexity index is 489. The number of hydrogen-bond donors (Lipinski definition) is 1. The van der Waals surface area contributed by atoms with Crippen LogP contribution in [0, 0.1) is 5.92 Å². The Labute approximate surface area is 109 Å². The van der Waals surface area contributed by atoms with E-state index in [4.69, 9.17) is 5.73 Å². The summed E-state index contributed by atoms with van der Waals surface area (Å²) in [7, 11) is 0.